The van der Waals surface area contributed by atoms with Gasteiger partial charge in [-0.3, -0.25) is 4.79 Å². The molecule has 1 atom stereocenters. The van der Waals surface area contributed by atoms with Gasteiger partial charge in [-0.05, 0) is 31.6 Å². The van der Waals surface area contributed by atoms with Crippen LogP contribution in [0.15, 0.2) is 0 Å². The highest BCUT2D eigenvalue weighted by Gasteiger charge is 2.47. The molecule has 122 valence electrons. The molecule has 0 bridgehead atoms. The highest BCUT2D eigenvalue weighted by molar-refractivity contribution is 5.79. The van der Waals surface area contributed by atoms with Crippen LogP contribution in [0.1, 0.15) is 51.4 Å². The summed E-state index contributed by atoms with van der Waals surface area (Å²) >= 11 is 0. The van der Waals surface area contributed by atoms with E-state index < -0.39 is 48.7 Å². The second-order valence-electron chi connectivity index (χ2n) is 6.20. The Morgan fingerprint density at radius 2 is 1.57 bits per heavy atom. The minimum absolute atomic E-state index is 0.0475. The predicted octanol–water partition coefficient (Wildman–Crippen LogP) is 4.05. The maximum absolute atomic E-state index is 13.1. The molecule has 0 unspecified atom stereocenters. The van der Waals surface area contributed by atoms with Crippen molar-refractivity contribution >= 4 is 5.91 Å². The van der Waals surface area contributed by atoms with Crippen LogP contribution in [0.25, 0.3) is 0 Å². The van der Waals surface area contributed by atoms with E-state index in [1.54, 1.807) is 0 Å². The molecule has 0 aromatic heterocycles. The van der Waals surface area contributed by atoms with Crippen molar-refractivity contribution in [3.8, 4) is 0 Å². The first-order chi connectivity index (χ1) is 9.69. The summed E-state index contributed by atoms with van der Waals surface area (Å²) in [5.41, 5.74) is 0. The molecule has 0 aliphatic heterocycles. The zero-order valence-corrected chi connectivity index (χ0v) is 11.7. The van der Waals surface area contributed by atoms with Gasteiger partial charge in [-0.25, -0.2) is 8.78 Å². The van der Waals surface area contributed by atoms with E-state index in [0.29, 0.717) is 12.8 Å². The minimum atomic E-state index is -4.48. The number of hydrogen-bond acceptors (Lipinski definition) is 1. The van der Waals surface area contributed by atoms with Crippen LogP contribution in [0.4, 0.5) is 22.0 Å². The van der Waals surface area contributed by atoms with E-state index in [1.165, 1.54) is 0 Å². The summed E-state index contributed by atoms with van der Waals surface area (Å²) in [6, 6.07) is -1.84. The molecule has 2 saturated carbocycles. The Balaban J connectivity index is 1.95. The van der Waals surface area contributed by atoms with Crippen LogP contribution < -0.4 is 5.32 Å². The van der Waals surface area contributed by atoms with Gasteiger partial charge in [0.05, 0.1) is 0 Å². The highest BCUT2D eigenvalue weighted by atomic mass is 19.4. The third-order valence-corrected chi connectivity index (χ3v) is 4.61. The molecule has 21 heavy (non-hydrogen) atoms. The Morgan fingerprint density at radius 3 is 2.05 bits per heavy atom. The second kappa shape index (κ2) is 6.08. The smallest absolute Gasteiger partial charge is 0.344 e. The lowest BCUT2D eigenvalue weighted by molar-refractivity contribution is -0.173. The fourth-order valence-electron chi connectivity index (χ4n) is 3.33. The molecule has 2 nitrogen and oxygen atoms in total. The average Bonchev–Trinajstić information content (AvgIpc) is 2.87. The standard InChI is InChI=1S/C14H20F5NO/c15-13(16)7-5-10(6-8-13)12(21)20-11(14(17,18)19)9-3-1-2-4-9/h9-11H,1-8H2,(H,20,21)/t11-/m0/s1. The maximum atomic E-state index is 13.1. The number of amides is 1. The summed E-state index contributed by atoms with van der Waals surface area (Å²) in [5, 5.41) is 2.09. The van der Waals surface area contributed by atoms with Crippen molar-refractivity contribution in [2.24, 2.45) is 11.8 Å². The number of rotatable bonds is 3. The molecule has 0 spiro atoms. The van der Waals surface area contributed by atoms with Crippen LogP contribution >= 0.6 is 0 Å². The quantitative estimate of drug-likeness (QED) is 0.783. The van der Waals surface area contributed by atoms with Gasteiger partial charge in [0.2, 0.25) is 11.8 Å². The van der Waals surface area contributed by atoms with E-state index in [4.69, 9.17) is 0 Å². The van der Waals surface area contributed by atoms with Crippen LogP contribution in [-0.4, -0.2) is 24.0 Å². The van der Waals surface area contributed by atoms with Crippen molar-refractivity contribution < 1.29 is 26.7 Å². The van der Waals surface area contributed by atoms with E-state index in [2.05, 4.69) is 5.32 Å². The number of halogens is 5. The van der Waals surface area contributed by atoms with E-state index in [-0.39, 0.29) is 12.8 Å². The molecule has 0 heterocycles. The van der Waals surface area contributed by atoms with Crippen LogP contribution in [0.5, 0.6) is 0 Å². The first-order valence-electron chi connectivity index (χ1n) is 7.44. The van der Waals surface area contributed by atoms with Crippen LogP contribution in [0.3, 0.4) is 0 Å². The van der Waals surface area contributed by atoms with Gasteiger partial charge in [0.1, 0.15) is 6.04 Å². The number of carbonyl (C=O) groups excluding carboxylic acids is 1. The molecule has 2 fully saturated rings. The SMILES string of the molecule is O=C(N[C@@H](C1CCCC1)C(F)(F)F)C1CCC(F)(F)CC1. The number of nitrogens with one attached hydrogen (secondary N) is 1. The molecule has 0 saturated heterocycles. The summed E-state index contributed by atoms with van der Waals surface area (Å²) in [5.74, 6) is -4.82. The van der Waals surface area contributed by atoms with Gasteiger partial charge in [-0.15, -0.1) is 0 Å². The van der Waals surface area contributed by atoms with Gasteiger partial charge in [-0.1, -0.05) is 12.8 Å². The van der Waals surface area contributed by atoms with Crippen LogP contribution in [0, 0.1) is 11.8 Å². The molecule has 0 aromatic rings. The highest BCUT2D eigenvalue weighted by Crippen LogP contribution is 2.38. The molecule has 0 aromatic carbocycles. The lowest BCUT2D eigenvalue weighted by Crippen LogP contribution is -2.51. The summed E-state index contributed by atoms with van der Waals surface area (Å²) in [6.45, 7) is 0. The Labute approximate surface area is 120 Å². The molecule has 1 amide bonds. The largest absolute Gasteiger partial charge is 0.408 e. The third-order valence-electron chi connectivity index (χ3n) is 4.61. The maximum Gasteiger partial charge on any atom is 0.408 e. The second-order valence-corrected chi connectivity index (χ2v) is 6.20. The van der Waals surface area contributed by atoms with Crippen molar-refractivity contribution in [2.45, 2.75) is 69.5 Å². The number of carbonyl (C=O) groups is 1. The first-order valence-corrected chi connectivity index (χ1v) is 7.44. The topological polar surface area (TPSA) is 29.1 Å². The van der Waals surface area contributed by atoms with Crippen LogP contribution in [-0.2, 0) is 4.79 Å². The average molecular weight is 313 g/mol. The van der Waals surface area contributed by atoms with Crippen molar-refractivity contribution in [1.82, 2.24) is 5.32 Å². The van der Waals surface area contributed by atoms with Crippen LogP contribution in [0.2, 0.25) is 0 Å². The van der Waals surface area contributed by atoms with E-state index >= 15 is 0 Å². The van der Waals surface area contributed by atoms with Crippen molar-refractivity contribution in [3.63, 3.8) is 0 Å². The fourth-order valence-corrected chi connectivity index (χ4v) is 3.33. The molecule has 0 radical (unpaired) electrons. The zero-order valence-electron chi connectivity index (χ0n) is 11.7. The monoisotopic (exact) mass is 313 g/mol. The van der Waals surface area contributed by atoms with E-state index in [9.17, 15) is 26.7 Å². The summed E-state index contributed by atoms with van der Waals surface area (Å²) in [6.07, 6.45) is -3.05. The summed E-state index contributed by atoms with van der Waals surface area (Å²) < 4.78 is 65.3. The molecule has 2 aliphatic rings. The predicted molar refractivity (Wildman–Crippen MR) is 66.8 cm³/mol. The Morgan fingerprint density at radius 1 is 1.05 bits per heavy atom. The van der Waals surface area contributed by atoms with Gasteiger partial charge >= 0.3 is 6.18 Å². The lowest BCUT2D eigenvalue weighted by atomic mass is 9.85. The summed E-state index contributed by atoms with van der Waals surface area (Å²) in [7, 11) is 0. The van der Waals surface area contributed by atoms with Gasteiger partial charge in [0.15, 0.2) is 0 Å². The van der Waals surface area contributed by atoms with E-state index in [0.717, 1.165) is 12.8 Å². The molecule has 2 rings (SSSR count). The normalized spacial score (nSPS) is 25.8. The minimum Gasteiger partial charge on any atom is -0.344 e. The lowest BCUT2D eigenvalue weighted by Gasteiger charge is -2.31. The van der Waals surface area contributed by atoms with E-state index in [1.807, 2.05) is 0 Å². The third kappa shape index (κ3) is 4.30. The van der Waals surface area contributed by atoms with Crippen molar-refractivity contribution in [1.29, 1.82) is 0 Å². The molecular formula is C14H20F5NO. The molecule has 2 aliphatic carbocycles. The Kier molecular flexibility index (Phi) is 4.78. The number of alkyl halides is 5. The van der Waals surface area contributed by atoms with Crippen molar-refractivity contribution in [3.05, 3.63) is 0 Å². The zero-order chi connectivity index (χ0) is 15.7. The number of hydrogen-bond donors (Lipinski definition) is 1. The van der Waals surface area contributed by atoms with Gasteiger partial charge in [0.25, 0.3) is 0 Å². The Bertz CT molecular complexity index is 366. The molecule has 7 heteroatoms. The van der Waals surface area contributed by atoms with Gasteiger partial charge in [0, 0.05) is 18.8 Å². The summed E-state index contributed by atoms with van der Waals surface area (Å²) in [4.78, 5) is 12.0. The Hall–Kier alpha value is -0.880. The molecular weight excluding hydrogens is 293 g/mol. The van der Waals surface area contributed by atoms with Gasteiger partial charge in [-0.2, -0.15) is 13.2 Å². The molecule has 1 N–H and O–H groups in total. The van der Waals surface area contributed by atoms with Crippen molar-refractivity contribution in [2.75, 3.05) is 0 Å². The fraction of sp³-hybridized carbons (Fsp3) is 0.929. The van der Waals surface area contributed by atoms with Gasteiger partial charge < -0.3 is 5.32 Å². The first kappa shape index (κ1) is 16.5.